The molecule has 1 aliphatic rings. The average Bonchev–Trinajstić information content (AvgIpc) is 2.83. The van der Waals surface area contributed by atoms with Crippen molar-refractivity contribution < 1.29 is 18.7 Å². The summed E-state index contributed by atoms with van der Waals surface area (Å²) in [5.74, 6) is -2.15. The first-order valence-electron chi connectivity index (χ1n) is 10.9. The van der Waals surface area contributed by atoms with E-state index in [2.05, 4.69) is 9.88 Å². The van der Waals surface area contributed by atoms with Gasteiger partial charge in [-0.15, -0.1) is 0 Å². The molecule has 1 aliphatic heterocycles. The molecule has 0 radical (unpaired) electrons. The third kappa shape index (κ3) is 3.44. The smallest absolute Gasteiger partial charge is 0.341 e. The van der Waals surface area contributed by atoms with Gasteiger partial charge in [0.05, 0.1) is 22.8 Å². The molecule has 0 bridgehead atoms. The van der Waals surface area contributed by atoms with E-state index < -0.39 is 17.2 Å². The van der Waals surface area contributed by atoms with Gasteiger partial charge in [0.2, 0.25) is 5.43 Å². The Balaban J connectivity index is 1.51. The zero-order chi connectivity index (χ0) is 24.1. The average molecular weight is 464 g/mol. The van der Waals surface area contributed by atoms with Gasteiger partial charge in [-0.1, -0.05) is 6.07 Å². The standard InChI is InChI=1S/C25H22F2N4O3/c1-14-3-4-15(11-18(14)26)30-7-9-31(10-8-30)19-6-5-16-21-20(12-28-23(16)22(19)27)29(2)13-17(24(21)32)25(33)34/h3-6,11-13H,7-10H2,1-2H3,(H,33,34). The number of halogens is 2. The summed E-state index contributed by atoms with van der Waals surface area (Å²) in [6.07, 6.45) is 2.63. The lowest BCUT2D eigenvalue weighted by Gasteiger charge is -2.37. The number of hydrogen-bond acceptors (Lipinski definition) is 5. The van der Waals surface area contributed by atoms with E-state index in [0.717, 1.165) is 5.69 Å². The van der Waals surface area contributed by atoms with Crippen molar-refractivity contribution in [1.29, 1.82) is 0 Å². The van der Waals surface area contributed by atoms with Gasteiger partial charge in [-0.2, -0.15) is 0 Å². The quantitative estimate of drug-likeness (QED) is 0.466. The molecular formula is C25H22F2N4O3. The minimum atomic E-state index is -1.34. The van der Waals surface area contributed by atoms with E-state index in [1.54, 1.807) is 32.2 Å². The number of carboxylic acids is 1. The van der Waals surface area contributed by atoms with Crippen LogP contribution in [-0.4, -0.2) is 46.8 Å². The summed E-state index contributed by atoms with van der Waals surface area (Å²) in [5, 5.41) is 9.79. The molecule has 7 nitrogen and oxygen atoms in total. The highest BCUT2D eigenvalue weighted by atomic mass is 19.1. The van der Waals surface area contributed by atoms with Gasteiger partial charge >= 0.3 is 5.97 Å². The van der Waals surface area contributed by atoms with E-state index >= 15 is 4.39 Å². The number of aromatic carboxylic acids is 1. The molecule has 0 saturated carbocycles. The number of anilines is 2. The molecular weight excluding hydrogens is 442 g/mol. The van der Waals surface area contributed by atoms with Gasteiger partial charge in [-0.05, 0) is 36.8 Å². The minimum Gasteiger partial charge on any atom is -0.477 e. The number of nitrogens with zero attached hydrogens (tertiary/aromatic N) is 4. The highest BCUT2D eigenvalue weighted by Crippen LogP contribution is 2.31. The van der Waals surface area contributed by atoms with E-state index in [4.69, 9.17) is 0 Å². The number of carboxylic acid groups (broad SMARTS) is 1. The second-order valence-corrected chi connectivity index (χ2v) is 8.51. The van der Waals surface area contributed by atoms with Gasteiger partial charge in [0.1, 0.15) is 16.9 Å². The van der Waals surface area contributed by atoms with Crippen LogP contribution in [0.5, 0.6) is 0 Å². The van der Waals surface area contributed by atoms with Crippen molar-refractivity contribution >= 4 is 39.1 Å². The molecule has 174 valence electrons. The van der Waals surface area contributed by atoms with Crippen LogP contribution in [0.3, 0.4) is 0 Å². The molecule has 2 aromatic heterocycles. The monoisotopic (exact) mass is 464 g/mol. The SMILES string of the molecule is Cc1ccc(N2CCN(c3ccc4c(ncc5c4c(=O)c(C(=O)O)cn5C)c3F)CC2)cc1F. The van der Waals surface area contributed by atoms with Crippen molar-refractivity contribution in [3.8, 4) is 0 Å². The number of pyridine rings is 2. The summed E-state index contributed by atoms with van der Waals surface area (Å²) in [4.78, 5) is 32.6. The fourth-order valence-corrected chi connectivity index (χ4v) is 4.55. The fraction of sp³-hybridized carbons (Fsp3) is 0.240. The molecule has 1 saturated heterocycles. The van der Waals surface area contributed by atoms with Crippen molar-refractivity contribution in [2.75, 3.05) is 36.0 Å². The van der Waals surface area contributed by atoms with Crippen molar-refractivity contribution in [2.45, 2.75) is 6.92 Å². The molecule has 1 N–H and O–H groups in total. The largest absolute Gasteiger partial charge is 0.477 e. The molecule has 4 aromatic rings. The molecule has 5 rings (SSSR count). The Morgan fingerprint density at radius 3 is 2.44 bits per heavy atom. The molecule has 0 unspecified atom stereocenters. The van der Waals surface area contributed by atoms with Crippen LogP contribution in [0.1, 0.15) is 15.9 Å². The lowest BCUT2D eigenvalue weighted by atomic mass is 10.1. The number of piperazine rings is 1. The summed E-state index contributed by atoms with van der Waals surface area (Å²) >= 11 is 0. The van der Waals surface area contributed by atoms with Crippen LogP contribution in [0, 0.1) is 18.6 Å². The van der Waals surface area contributed by atoms with Crippen LogP contribution in [-0.2, 0) is 7.05 Å². The van der Waals surface area contributed by atoms with Crippen molar-refractivity contribution in [3.63, 3.8) is 0 Å². The van der Waals surface area contributed by atoms with Gasteiger partial charge in [0, 0.05) is 50.5 Å². The Kier molecular flexibility index (Phi) is 5.19. The molecule has 0 spiro atoms. The fourth-order valence-electron chi connectivity index (χ4n) is 4.55. The van der Waals surface area contributed by atoms with Gasteiger partial charge in [-0.3, -0.25) is 9.78 Å². The Bertz CT molecular complexity index is 1520. The van der Waals surface area contributed by atoms with Crippen molar-refractivity contribution in [1.82, 2.24) is 9.55 Å². The van der Waals surface area contributed by atoms with Crippen molar-refractivity contribution in [2.24, 2.45) is 7.05 Å². The molecule has 0 amide bonds. The number of carbonyl (C=O) groups is 1. The maximum absolute atomic E-state index is 15.6. The molecule has 34 heavy (non-hydrogen) atoms. The molecule has 9 heteroatoms. The first-order valence-corrected chi connectivity index (χ1v) is 10.9. The first-order chi connectivity index (χ1) is 16.3. The van der Waals surface area contributed by atoms with Crippen LogP contribution in [0.15, 0.2) is 47.5 Å². The highest BCUT2D eigenvalue weighted by Gasteiger charge is 2.23. The third-order valence-corrected chi connectivity index (χ3v) is 6.48. The maximum Gasteiger partial charge on any atom is 0.341 e. The third-order valence-electron chi connectivity index (χ3n) is 6.48. The number of benzene rings is 2. The summed E-state index contributed by atoms with van der Waals surface area (Å²) in [5.41, 5.74) is 1.14. The predicted octanol–water partition coefficient (Wildman–Crippen LogP) is 3.70. The van der Waals surface area contributed by atoms with Crippen LogP contribution in [0.4, 0.5) is 20.2 Å². The van der Waals surface area contributed by atoms with Gasteiger partial charge < -0.3 is 19.5 Å². The van der Waals surface area contributed by atoms with Gasteiger partial charge in [-0.25, -0.2) is 13.6 Å². The molecule has 0 aliphatic carbocycles. The summed E-state index contributed by atoms with van der Waals surface area (Å²) in [7, 11) is 1.62. The topological polar surface area (TPSA) is 78.7 Å². The second kappa shape index (κ2) is 8.09. The number of rotatable bonds is 3. The number of aryl methyl sites for hydroxylation is 2. The lowest BCUT2D eigenvalue weighted by molar-refractivity contribution is 0.0695. The molecule has 1 fully saturated rings. The summed E-state index contributed by atoms with van der Waals surface area (Å²) in [6.45, 7) is 3.95. The molecule has 3 heterocycles. The summed E-state index contributed by atoms with van der Waals surface area (Å²) in [6, 6.07) is 8.37. The normalized spacial score (nSPS) is 14.2. The van der Waals surface area contributed by atoms with Crippen LogP contribution >= 0.6 is 0 Å². The Labute approximate surface area is 193 Å². The highest BCUT2D eigenvalue weighted by molar-refractivity contribution is 6.07. The van der Waals surface area contributed by atoms with E-state index in [0.29, 0.717) is 42.9 Å². The number of fused-ring (bicyclic) bond motifs is 3. The van der Waals surface area contributed by atoms with E-state index in [1.807, 2.05) is 11.0 Å². The van der Waals surface area contributed by atoms with Crippen LogP contribution in [0.25, 0.3) is 21.8 Å². The summed E-state index contributed by atoms with van der Waals surface area (Å²) < 4.78 is 31.1. The van der Waals surface area contributed by atoms with E-state index in [-0.39, 0.29) is 27.7 Å². The van der Waals surface area contributed by atoms with Crippen LogP contribution < -0.4 is 15.2 Å². The number of aromatic nitrogens is 2. The zero-order valence-electron chi connectivity index (χ0n) is 18.7. The van der Waals surface area contributed by atoms with Crippen molar-refractivity contribution in [3.05, 3.63) is 75.7 Å². The Morgan fingerprint density at radius 2 is 1.76 bits per heavy atom. The van der Waals surface area contributed by atoms with Gasteiger partial charge in [0.15, 0.2) is 5.82 Å². The van der Waals surface area contributed by atoms with E-state index in [1.165, 1.54) is 23.0 Å². The number of hydrogen-bond donors (Lipinski definition) is 1. The molecule has 2 aromatic carbocycles. The first kappa shape index (κ1) is 21.8. The van der Waals surface area contributed by atoms with E-state index in [9.17, 15) is 19.1 Å². The van der Waals surface area contributed by atoms with Crippen LogP contribution in [0.2, 0.25) is 0 Å². The lowest BCUT2D eigenvalue weighted by Crippen LogP contribution is -2.46. The maximum atomic E-state index is 15.6. The zero-order valence-corrected chi connectivity index (χ0v) is 18.7. The van der Waals surface area contributed by atoms with Gasteiger partial charge in [0.25, 0.3) is 0 Å². The Morgan fingerprint density at radius 1 is 1.06 bits per heavy atom. The second-order valence-electron chi connectivity index (χ2n) is 8.51. The molecule has 0 atom stereocenters. The predicted molar refractivity (Wildman–Crippen MR) is 127 cm³/mol. The minimum absolute atomic E-state index is 0.0210. The Hall–Kier alpha value is -4.01.